The monoisotopic (exact) mass is 370 g/mol. The van der Waals surface area contributed by atoms with Gasteiger partial charge in [0.2, 0.25) is 11.8 Å². The summed E-state index contributed by atoms with van der Waals surface area (Å²) in [4.78, 5) is 20.0. The second kappa shape index (κ2) is 9.08. The van der Waals surface area contributed by atoms with Crippen molar-refractivity contribution in [3.8, 4) is 5.88 Å². The van der Waals surface area contributed by atoms with Crippen LogP contribution in [0.3, 0.4) is 0 Å². The third-order valence-electron chi connectivity index (χ3n) is 4.37. The van der Waals surface area contributed by atoms with Gasteiger partial charge in [-0.25, -0.2) is 4.98 Å². The lowest BCUT2D eigenvalue weighted by molar-refractivity contribution is -0.132. The maximum atomic E-state index is 12.6. The molecule has 138 valence electrons. The normalized spacial score (nSPS) is 15.3. The third kappa shape index (κ3) is 5.49. The van der Waals surface area contributed by atoms with Crippen LogP contribution in [0.5, 0.6) is 5.88 Å². The Bertz CT molecular complexity index is 696. The number of amides is 1. The van der Waals surface area contributed by atoms with E-state index in [1.807, 2.05) is 34.9 Å². The first kappa shape index (κ1) is 18.8. The molecule has 1 aliphatic rings. The molecule has 1 aromatic carbocycles. The zero-order chi connectivity index (χ0) is 18.4. The molecule has 0 bridgehead atoms. The van der Waals surface area contributed by atoms with E-state index >= 15 is 0 Å². The van der Waals surface area contributed by atoms with Gasteiger partial charge in [0, 0.05) is 48.3 Å². The summed E-state index contributed by atoms with van der Waals surface area (Å²) in [7, 11) is 0. The van der Waals surface area contributed by atoms with Crippen LogP contribution in [0, 0.1) is 0 Å². The Morgan fingerprint density at radius 3 is 2.54 bits per heavy atom. The average molecular weight is 371 g/mol. The minimum absolute atomic E-state index is 0.140. The number of thioether (sulfide) groups is 1. The minimum atomic E-state index is 0.140. The van der Waals surface area contributed by atoms with Crippen molar-refractivity contribution in [2.45, 2.75) is 49.4 Å². The lowest BCUT2D eigenvalue weighted by Gasteiger charge is -2.32. The number of likely N-dealkylation sites (tertiary alicyclic amines) is 1. The van der Waals surface area contributed by atoms with Crippen LogP contribution in [0.1, 0.15) is 32.3 Å². The molecule has 5 heteroatoms. The Kier molecular flexibility index (Phi) is 6.56. The van der Waals surface area contributed by atoms with Gasteiger partial charge in [-0.3, -0.25) is 4.79 Å². The van der Waals surface area contributed by atoms with Gasteiger partial charge in [0.15, 0.2) is 0 Å². The molecule has 0 N–H and O–H groups in total. The SMILES string of the molecule is CC(C)Sc1ccc(CC(=O)N2CCC(Oc3ccccn3)CC2)cc1. The molecule has 1 amide bonds. The number of carbonyl (C=O) groups excluding carboxylic acids is 1. The molecule has 2 aromatic rings. The van der Waals surface area contributed by atoms with Crippen molar-refractivity contribution in [3.05, 3.63) is 54.2 Å². The van der Waals surface area contributed by atoms with Crippen LogP contribution >= 0.6 is 11.8 Å². The second-order valence-electron chi connectivity index (χ2n) is 6.85. The molecule has 0 saturated carbocycles. The van der Waals surface area contributed by atoms with Crippen molar-refractivity contribution in [1.82, 2.24) is 9.88 Å². The smallest absolute Gasteiger partial charge is 0.226 e. The first-order valence-electron chi connectivity index (χ1n) is 9.21. The maximum Gasteiger partial charge on any atom is 0.226 e. The molecule has 0 atom stereocenters. The summed E-state index contributed by atoms with van der Waals surface area (Å²) in [5.74, 6) is 0.863. The fourth-order valence-electron chi connectivity index (χ4n) is 3.06. The molecule has 0 aliphatic carbocycles. The molecule has 3 rings (SSSR count). The average Bonchev–Trinajstić information content (AvgIpc) is 2.64. The summed E-state index contributed by atoms with van der Waals surface area (Å²) < 4.78 is 5.90. The molecule has 0 radical (unpaired) electrons. The van der Waals surface area contributed by atoms with Crippen molar-refractivity contribution in [2.75, 3.05) is 13.1 Å². The van der Waals surface area contributed by atoms with Crippen LogP contribution in [0.15, 0.2) is 53.6 Å². The van der Waals surface area contributed by atoms with E-state index in [-0.39, 0.29) is 12.0 Å². The number of piperidine rings is 1. The van der Waals surface area contributed by atoms with Gasteiger partial charge >= 0.3 is 0 Å². The molecule has 4 nitrogen and oxygen atoms in total. The molecule has 2 heterocycles. The highest BCUT2D eigenvalue weighted by Crippen LogP contribution is 2.23. The van der Waals surface area contributed by atoms with Gasteiger partial charge in [-0.1, -0.05) is 32.0 Å². The highest BCUT2D eigenvalue weighted by molar-refractivity contribution is 7.99. The number of nitrogens with zero attached hydrogens (tertiary/aromatic N) is 2. The predicted molar refractivity (Wildman–Crippen MR) is 106 cm³/mol. The molecule has 1 fully saturated rings. The highest BCUT2D eigenvalue weighted by atomic mass is 32.2. The summed E-state index contributed by atoms with van der Waals surface area (Å²) in [5, 5.41) is 0.567. The van der Waals surface area contributed by atoms with E-state index in [2.05, 4.69) is 43.1 Å². The van der Waals surface area contributed by atoms with Crippen molar-refractivity contribution in [2.24, 2.45) is 0 Å². The lowest BCUT2D eigenvalue weighted by atomic mass is 10.1. The number of carbonyl (C=O) groups is 1. The largest absolute Gasteiger partial charge is 0.474 e. The van der Waals surface area contributed by atoms with Crippen LogP contribution in [0.2, 0.25) is 0 Å². The van der Waals surface area contributed by atoms with Gasteiger partial charge in [0.05, 0.1) is 6.42 Å². The van der Waals surface area contributed by atoms with Gasteiger partial charge < -0.3 is 9.64 Å². The van der Waals surface area contributed by atoms with Gasteiger partial charge in [-0.15, -0.1) is 11.8 Å². The summed E-state index contributed by atoms with van der Waals surface area (Å²) in [6.07, 6.45) is 4.05. The first-order chi connectivity index (χ1) is 12.6. The van der Waals surface area contributed by atoms with Crippen molar-refractivity contribution < 1.29 is 9.53 Å². The van der Waals surface area contributed by atoms with Gasteiger partial charge in [-0.2, -0.15) is 0 Å². The number of pyridine rings is 1. The van der Waals surface area contributed by atoms with Gasteiger partial charge in [0.1, 0.15) is 6.10 Å². The molecule has 1 aromatic heterocycles. The maximum absolute atomic E-state index is 12.6. The summed E-state index contributed by atoms with van der Waals surface area (Å²) in [6.45, 7) is 5.86. The Labute approximate surface area is 160 Å². The first-order valence-corrected chi connectivity index (χ1v) is 10.1. The molecule has 1 saturated heterocycles. The number of ether oxygens (including phenoxy) is 1. The Balaban J connectivity index is 1.46. The second-order valence-corrected chi connectivity index (χ2v) is 8.50. The van der Waals surface area contributed by atoms with Crippen molar-refractivity contribution >= 4 is 17.7 Å². The molecular formula is C21H26N2O2S. The minimum Gasteiger partial charge on any atom is -0.474 e. The Morgan fingerprint density at radius 2 is 1.92 bits per heavy atom. The highest BCUT2D eigenvalue weighted by Gasteiger charge is 2.24. The van der Waals surface area contributed by atoms with Crippen LogP contribution in [-0.4, -0.2) is 40.2 Å². The summed E-state index contributed by atoms with van der Waals surface area (Å²) >= 11 is 1.84. The molecule has 26 heavy (non-hydrogen) atoms. The molecular weight excluding hydrogens is 344 g/mol. The van der Waals surface area contributed by atoms with Crippen LogP contribution < -0.4 is 4.74 Å². The lowest BCUT2D eigenvalue weighted by Crippen LogP contribution is -2.42. The van der Waals surface area contributed by atoms with Crippen LogP contribution in [0.4, 0.5) is 0 Å². The number of hydrogen-bond donors (Lipinski definition) is 0. The number of benzene rings is 1. The molecule has 0 unspecified atom stereocenters. The van der Waals surface area contributed by atoms with Crippen LogP contribution in [0.25, 0.3) is 0 Å². The fraction of sp³-hybridized carbons (Fsp3) is 0.429. The van der Waals surface area contributed by atoms with Crippen molar-refractivity contribution in [3.63, 3.8) is 0 Å². The standard InChI is InChI=1S/C21H26N2O2S/c1-16(2)26-19-8-6-17(7-9-19)15-21(24)23-13-10-18(11-14-23)25-20-5-3-4-12-22-20/h3-9,12,16,18H,10-11,13-15H2,1-2H3. The van der Waals surface area contributed by atoms with E-state index in [1.165, 1.54) is 4.90 Å². The Morgan fingerprint density at radius 1 is 1.19 bits per heavy atom. The van der Waals surface area contributed by atoms with Crippen molar-refractivity contribution in [1.29, 1.82) is 0 Å². The van der Waals surface area contributed by atoms with E-state index in [4.69, 9.17) is 4.74 Å². The van der Waals surface area contributed by atoms with E-state index in [0.29, 0.717) is 17.6 Å². The number of rotatable bonds is 6. The van der Waals surface area contributed by atoms with E-state index in [0.717, 1.165) is 31.5 Å². The van der Waals surface area contributed by atoms with Gasteiger partial charge in [-0.05, 0) is 23.8 Å². The Hall–Kier alpha value is -2.01. The number of hydrogen-bond acceptors (Lipinski definition) is 4. The zero-order valence-corrected chi connectivity index (χ0v) is 16.2. The fourth-order valence-corrected chi connectivity index (χ4v) is 3.89. The predicted octanol–water partition coefficient (Wildman–Crippen LogP) is 4.19. The molecule has 0 spiro atoms. The van der Waals surface area contributed by atoms with E-state index in [9.17, 15) is 4.79 Å². The summed E-state index contributed by atoms with van der Waals surface area (Å²) in [6, 6.07) is 14.0. The van der Waals surface area contributed by atoms with Gasteiger partial charge in [0.25, 0.3) is 0 Å². The topological polar surface area (TPSA) is 42.4 Å². The number of aromatic nitrogens is 1. The molecule has 1 aliphatic heterocycles. The quantitative estimate of drug-likeness (QED) is 0.715. The summed E-state index contributed by atoms with van der Waals surface area (Å²) in [5.41, 5.74) is 1.08. The zero-order valence-electron chi connectivity index (χ0n) is 15.4. The van der Waals surface area contributed by atoms with Crippen LogP contribution in [-0.2, 0) is 11.2 Å². The van der Waals surface area contributed by atoms with E-state index in [1.54, 1.807) is 6.20 Å². The third-order valence-corrected chi connectivity index (χ3v) is 5.39. The van der Waals surface area contributed by atoms with E-state index < -0.39 is 0 Å².